The summed E-state index contributed by atoms with van der Waals surface area (Å²) in [5.41, 5.74) is 0. The van der Waals surface area contributed by atoms with Gasteiger partial charge in [-0.3, -0.25) is 4.79 Å². The molecular weight excluding hydrogens is 387 g/mol. The first kappa shape index (κ1) is 21.4. The number of carbonyl (C=O) groups excluding carboxylic acids is 1. The van der Waals surface area contributed by atoms with Crippen LogP contribution in [0.3, 0.4) is 0 Å². The molecule has 1 atom stereocenters. The summed E-state index contributed by atoms with van der Waals surface area (Å²) in [4.78, 5) is 23.3. The molecule has 1 aliphatic rings. The molecule has 5 nitrogen and oxygen atoms in total. The summed E-state index contributed by atoms with van der Waals surface area (Å²) >= 11 is 3.20. The van der Waals surface area contributed by atoms with Crippen LogP contribution in [0, 0.1) is 0 Å². The van der Waals surface area contributed by atoms with Crippen molar-refractivity contribution in [3.8, 4) is 0 Å². The first-order chi connectivity index (χ1) is 10.6. The Balaban J connectivity index is 0.00000144. The van der Waals surface area contributed by atoms with Crippen LogP contribution in [-0.4, -0.2) is 54.6 Å². The fourth-order valence-corrected chi connectivity index (χ4v) is 5.04. The highest BCUT2D eigenvalue weighted by Crippen LogP contribution is 2.35. The Kier molecular flexibility index (Phi) is 8.22. The summed E-state index contributed by atoms with van der Waals surface area (Å²) in [7, 11) is 0. The molecule has 0 bridgehead atoms. The number of fused-ring (bicyclic) bond motifs is 1. The molecule has 2 aromatic heterocycles. The van der Waals surface area contributed by atoms with Crippen LogP contribution >= 0.6 is 47.5 Å². The molecule has 0 aliphatic carbocycles. The van der Waals surface area contributed by atoms with Gasteiger partial charge in [-0.2, -0.15) is 0 Å². The van der Waals surface area contributed by atoms with Crippen molar-refractivity contribution in [3.63, 3.8) is 0 Å². The minimum atomic E-state index is 0. The van der Waals surface area contributed by atoms with Gasteiger partial charge >= 0.3 is 0 Å². The zero-order chi connectivity index (χ0) is 15.7. The average molecular weight is 411 g/mol. The molecule has 1 aliphatic heterocycles. The van der Waals surface area contributed by atoms with Gasteiger partial charge in [0.1, 0.15) is 4.83 Å². The average Bonchev–Trinajstić information content (AvgIpc) is 3.06. The van der Waals surface area contributed by atoms with E-state index in [1.54, 1.807) is 11.3 Å². The molecule has 1 unspecified atom stereocenters. The second kappa shape index (κ2) is 9.20. The molecule has 0 spiro atoms. The van der Waals surface area contributed by atoms with Crippen molar-refractivity contribution in [3.05, 3.63) is 10.9 Å². The lowest BCUT2D eigenvalue weighted by Gasteiger charge is -2.31. The number of nitrogens with one attached hydrogen (secondary N) is 1. The molecule has 0 aromatic carbocycles. The highest BCUT2D eigenvalue weighted by molar-refractivity contribution is 7.29. The number of hydrogen-bond acceptors (Lipinski definition) is 6. The summed E-state index contributed by atoms with van der Waals surface area (Å²) < 4.78 is 1.12. The number of rotatable bonds is 4. The summed E-state index contributed by atoms with van der Waals surface area (Å²) in [6.45, 7) is 10.7. The number of amides is 1. The first-order valence-electron chi connectivity index (χ1n) is 7.80. The third-order valence-corrected chi connectivity index (χ3v) is 6.19. The monoisotopic (exact) mass is 410 g/mol. The third-order valence-electron chi connectivity index (χ3n) is 3.98. The maximum absolute atomic E-state index is 12.6. The number of aromatic nitrogens is 1. The molecule has 1 N–H and O–H groups in total. The number of thiazole rings is 1. The fraction of sp³-hybridized carbons (Fsp3) is 0.600. The molecule has 9 heteroatoms. The molecule has 2 aromatic rings. The maximum atomic E-state index is 12.6. The number of halogens is 2. The molecular formula is C15H24Cl2N4OS2. The SMILES string of the molecule is CCN(CC)c1nc2sc(C(=O)N3CCNC(C)C3)cc2s1.Cl.Cl. The lowest BCUT2D eigenvalue weighted by Crippen LogP contribution is -2.51. The fourth-order valence-electron chi connectivity index (χ4n) is 2.73. The molecule has 0 saturated carbocycles. The van der Waals surface area contributed by atoms with Gasteiger partial charge in [0.2, 0.25) is 0 Å². The predicted molar refractivity (Wildman–Crippen MR) is 109 cm³/mol. The van der Waals surface area contributed by atoms with Crippen LogP contribution in [0.25, 0.3) is 9.53 Å². The number of thiophene rings is 1. The van der Waals surface area contributed by atoms with Gasteiger partial charge in [-0.15, -0.1) is 36.2 Å². The quantitative estimate of drug-likeness (QED) is 0.837. The predicted octanol–water partition coefficient (Wildman–Crippen LogP) is 3.48. The zero-order valence-corrected chi connectivity index (χ0v) is 17.3. The molecule has 3 rings (SSSR count). The van der Waals surface area contributed by atoms with Gasteiger partial charge in [-0.05, 0) is 26.8 Å². The summed E-state index contributed by atoms with van der Waals surface area (Å²) in [6, 6.07) is 2.38. The van der Waals surface area contributed by atoms with E-state index in [1.165, 1.54) is 11.3 Å². The number of piperazine rings is 1. The van der Waals surface area contributed by atoms with Crippen molar-refractivity contribution in [2.45, 2.75) is 26.8 Å². The van der Waals surface area contributed by atoms with E-state index in [0.717, 1.165) is 52.3 Å². The lowest BCUT2D eigenvalue weighted by atomic mass is 10.2. The van der Waals surface area contributed by atoms with Gasteiger partial charge in [-0.25, -0.2) is 4.98 Å². The van der Waals surface area contributed by atoms with Crippen LogP contribution in [-0.2, 0) is 0 Å². The van der Waals surface area contributed by atoms with Crippen LogP contribution < -0.4 is 10.2 Å². The van der Waals surface area contributed by atoms with E-state index in [9.17, 15) is 4.79 Å². The number of anilines is 1. The Hall–Kier alpha value is -0.600. The number of carbonyl (C=O) groups is 1. The van der Waals surface area contributed by atoms with Crippen molar-refractivity contribution < 1.29 is 4.79 Å². The summed E-state index contributed by atoms with van der Waals surface area (Å²) in [6.07, 6.45) is 0. The van der Waals surface area contributed by atoms with E-state index in [0.29, 0.717) is 6.04 Å². The van der Waals surface area contributed by atoms with Crippen molar-refractivity contribution in [2.75, 3.05) is 37.6 Å². The maximum Gasteiger partial charge on any atom is 0.264 e. The van der Waals surface area contributed by atoms with Crippen molar-refractivity contribution in [1.82, 2.24) is 15.2 Å². The Bertz CT molecular complexity index is 640. The van der Waals surface area contributed by atoms with Gasteiger partial charge in [-0.1, -0.05) is 11.3 Å². The van der Waals surface area contributed by atoms with Gasteiger partial charge in [0.05, 0.1) is 9.58 Å². The van der Waals surface area contributed by atoms with Gasteiger partial charge in [0.25, 0.3) is 5.91 Å². The van der Waals surface area contributed by atoms with Gasteiger partial charge < -0.3 is 15.1 Å². The Morgan fingerprint density at radius 3 is 2.67 bits per heavy atom. The minimum Gasteiger partial charge on any atom is -0.349 e. The van der Waals surface area contributed by atoms with Crippen LogP contribution in [0.2, 0.25) is 0 Å². The third kappa shape index (κ3) is 4.32. The second-order valence-corrected chi connectivity index (χ2v) is 7.59. The lowest BCUT2D eigenvalue weighted by molar-refractivity contribution is 0.0714. The van der Waals surface area contributed by atoms with E-state index < -0.39 is 0 Å². The Morgan fingerprint density at radius 1 is 1.38 bits per heavy atom. The number of hydrogen-bond donors (Lipinski definition) is 1. The first-order valence-corrected chi connectivity index (χ1v) is 9.43. The largest absolute Gasteiger partial charge is 0.349 e. The minimum absolute atomic E-state index is 0. The molecule has 1 saturated heterocycles. The van der Waals surface area contributed by atoms with Gasteiger partial charge in [0.15, 0.2) is 5.13 Å². The van der Waals surface area contributed by atoms with Crippen LogP contribution in [0.1, 0.15) is 30.4 Å². The van der Waals surface area contributed by atoms with Crippen LogP contribution in [0.15, 0.2) is 6.07 Å². The van der Waals surface area contributed by atoms with Crippen molar-refractivity contribution >= 4 is 68.1 Å². The second-order valence-electron chi connectivity index (χ2n) is 5.56. The zero-order valence-electron chi connectivity index (χ0n) is 14.1. The Labute approximate surface area is 163 Å². The molecule has 3 heterocycles. The van der Waals surface area contributed by atoms with E-state index in [-0.39, 0.29) is 30.7 Å². The molecule has 136 valence electrons. The molecule has 24 heavy (non-hydrogen) atoms. The van der Waals surface area contributed by atoms with Crippen molar-refractivity contribution in [1.29, 1.82) is 0 Å². The smallest absolute Gasteiger partial charge is 0.264 e. The highest BCUT2D eigenvalue weighted by Gasteiger charge is 2.24. The Morgan fingerprint density at radius 2 is 2.08 bits per heavy atom. The molecule has 1 amide bonds. The summed E-state index contributed by atoms with van der Waals surface area (Å²) in [5.74, 6) is 0.146. The van der Waals surface area contributed by atoms with E-state index in [2.05, 4.69) is 31.0 Å². The van der Waals surface area contributed by atoms with E-state index in [1.807, 2.05) is 11.0 Å². The summed E-state index contributed by atoms with van der Waals surface area (Å²) in [5, 5.41) is 4.42. The van der Waals surface area contributed by atoms with Gasteiger partial charge in [0, 0.05) is 38.8 Å². The van der Waals surface area contributed by atoms with Crippen molar-refractivity contribution in [2.24, 2.45) is 0 Å². The standard InChI is InChI=1S/C15H22N4OS2.2ClH/c1-4-18(5-2)15-17-13-11(22-15)8-12(21-13)14(20)19-7-6-16-10(3)9-19;;/h8,10,16H,4-7,9H2,1-3H3;2*1H. The van der Waals surface area contributed by atoms with E-state index >= 15 is 0 Å². The normalized spacial score (nSPS) is 17.3. The van der Waals surface area contributed by atoms with E-state index in [4.69, 9.17) is 4.98 Å². The van der Waals surface area contributed by atoms with Crippen LogP contribution in [0.4, 0.5) is 5.13 Å². The highest BCUT2D eigenvalue weighted by atomic mass is 35.5. The topological polar surface area (TPSA) is 48.5 Å². The number of nitrogens with zero attached hydrogens (tertiary/aromatic N) is 3. The molecule has 0 radical (unpaired) electrons. The van der Waals surface area contributed by atoms with Crippen LogP contribution in [0.5, 0.6) is 0 Å². The molecule has 1 fully saturated rings.